The van der Waals surface area contributed by atoms with Crippen molar-refractivity contribution in [2.45, 2.75) is 25.9 Å². The van der Waals surface area contributed by atoms with Gasteiger partial charge in [0.2, 0.25) is 5.91 Å². The number of hydrogen-bond acceptors (Lipinski definition) is 2. The molecule has 1 atom stereocenters. The van der Waals surface area contributed by atoms with Gasteiger partial charge >= 0.3 is 0 Å². The van der Waals surface area contributed by atoms with Crippen LogP contribution in [-0.2, 0) is 4.79 Å². The monoisotopic (exact) mass is 245 g/mol. The van der Waals surface area contributed by atoms with Crippen LogP contribution in [0.15, 0.2) is 30.3 Å². The second-order valence-corrected chi connectivity index (χ2v) is 4.82. The van der Waals surface area contributed by atoms with Gasteiger partial charge in [-0.25, -0.2) is 0 Å². The van der Waals surface area contributed by atoms with Gasteiger partial charge in [0.05, 0.1) is 6.10 Å². The van der Waals surface area contributed by atoms with Crippen LogP contribution in [0.1, 0.15) is 24.0 Å². The van der Waals surface area contributed by atoms with Gasteiger partial charge in [0, 0.05) is 19.2 Å². The number of aliphatic hydroxyl groups excluding tert-OH is 1. The maximum Gasteiger partial charge on any atom is 0.246 e. The Kier molecular flexibility index (Phi) is 4.15. The Balaban J connectivity index is 1.96. The van der Waals surface area contributed by atoms with Crippen molar-refractivity contribution in [3.8, 4) is 0 Å². The van der Waals surface area contributed by atoms with Crippen LogP contribution in [-0.4, -0.2) is 35.1 Å². The van der Waals surface area contributed by atoms with Crippen molar-refractivity contribution in [1.29, 1.82) is 0 Å². The molecule has 3 nitrogen and oxygen atoms in total. The van der Waals surface area contributed by atoms with E-state index in [1.807, 2.05) is 37.3 Å². The zero-order valence-electron chi connectivity index (χ0n) is 10.7. The first-order chi connectivity index (χ1) is 8.65. The maximum absolute atomic E-state index is 11.9. The number of benzene rings is 1. The lowest BCUT2D eigenvalue weighted by atomic mass is 10.1. The molecule has 1 aliphatic heterocycles. The summed E-state index contributed by atoms with van der Waals surface area (Å²) in [5.74, 6) is -0.0191. The van der Waals surface area contributed by atoms with E-state index in [9.17, 15) is 9.90 Å². The Morgan fingerprint density at radius 2 is 2.11 bits per heavy atom. The molecule has 1 amide bonds. The van der Waals surface area contributed by atoms with Crippen molar-refractivity contribution in [3.63, 3.8) is 0 Å². The smallest absolute Gasteiger partial charge is 0.246 e. The van der Waals surface area contributed by atoms with Gasteiger partial charge in [0.15, 0.2) is 0 Å². The summed E-state index contributed by atoms with van der Waals surface area (Å²) in [7, 11) is 0. The van der Waals surface area contributed by atoms with Crippen LogP contribution in [0, 0.1) is 6.92 Å². The van der Waals surface area contributed by atoms with Crippen LogP contribution < -0.4 is 0 Å². The first-order valence-corrected chi connectivity index (χ1v) is 6.37. The molecular weight excluding hydrogens is 226 g/mol. The number of hydrogen-bond donors (Lipinski definition) is 1. The van der Waals surface area contributed by atoms with Crippen LogP contribution in [0.3, 0.4) is 0 Å². The lowest BCUT2D eigenvalue weighted by Gasteiger charge is -2.29. The summed E-state index contributed by atoms with van der Waals surface area (Å²) in [5, 5.41) is 9.53. The Hall–Kier alpha value is -1.61. The van der Waals surface area contributed by atoms with Crippen LogP contribution in [0.4, 0.5) is 0 Å². The number of amides is 1. The summed E-state index contributed by atoms with van der Waals surface area (Å²) >= 11 is 0. The Labute approximate surface area is 108 Å². The van der Waals surface area contributed by atoms with Crippen molar-refractivity contribution in [2.75, 3.05) is 13.1 Å². The summed E-state index contributed by atoms with van der Waals surface area (Å²) in [6.45, 7) is 3.24. The van der Waals surface area contributed by atoms with Crippen molar-refractivity contribution in [2.24, 2.45) is 0 Å². The molecule has 1 aromatic carbocycles. The van der Waals surface area contributed by atoms with E-state index in [4.69, 9.17) is 0 Å². The van der Waals surface area contributed by atoms with Crippen LogP contribution >= 0.6 is 0 Å². The first kappa shape index (κ1) is 12.8. The van der Waals surface area contributed by atoms with Gasteiger partial charge in [0.1, 0.15) is 0 Å². The molecular formula is C15H19NO2. The Bertz CT molecular complexity index is 436. The highest BCUT2D eigenvalue weighted by atomic mass is 16.3. The van der Waals surface area contributed by atoms with E-state index < -0.39 is 0 Å². The topological polar surface area (TPSA) is 40.5 Å². The number of aliphatic hydroxyl groups is 1. The summed E-state index contributed by atoms with van der Waals surface area (Å²) in [5.41, 5.74) is 2.23. The highest BCUT2D eigenvalue weighted by Crippen LogP contribution is 2.11. The fourth-order valence-electron chi connectivity index (χ4n) is 2.11. The highest BCUT2D eigenvalue weighted by Gasteiger charge is 2.20. The summed E-state index contributed by atoms with van der Waals surface area (Å²) in [4.78, 5) is 13.6. The third kappa shape index (κ3) is 3.44. The largest absolute Gasteiger partial charge is 0.391 e. The van der Waals surface area contributed by atoms with Crippen molar-refractivity contribution in [3.05, 3.63) is 41.5 Å². The molecule has 3 heteroatoms. The second-order valence-electron chi connectivity index (χ2n) is 4.82. The lowest BCUT2D eigenvalue weighted by Crippen LogP contribution is -2.41. The van der Waals surface area contributed by atoms with E-state index in [-0.39, 0.29) is 12.0 Å². The number of piperidine rings is 1. The first-order valence-electron chi connectivity index (χ1n) is 6.37. The fraction of sp³-hybridized carbons (Fsp3) is 0.400. The average molecular weight is 245 g/mol. The van der Waals surface area contributed by atoms with Crippen LogP contribution in [0.25, 0.3) is 6.08 Å². The van der Waals surface area contributed by atoms with E-state index in [1.165, 1.54) is 5.56 Å². The number of carbonyl (C=O) groups excluding carboxylic acids is 1. The number of nitrogens with zero attached hydrogens (tertiary/aromatic N) is 1. The molecule has 0 saturated carbocycles. The maximum atomic E-state index is 11.9. The van der Waals surface area contributed by atoms with Gasteiger partial charge in [-0.15, -0.1) is 0 Å². The van der Waals surface area contributed by atoms with Crippen molar-refractivity contribution >= 4 is 12.0 Å². The van der Waals surface area contributed by atoms with E-state index in [1.54, 1.807) is 11.0 Å². The number of aryl methyl sites for hydroxylation is 1. The Morgan fingerprint density at radius 1 is 1.39 bits per heavy atom. The van der Waals surface area contributed by atoms with Gasteiger partial charge in [0.25, 0.3) is 0 Å². The molecule has 0 aromatic heterocycles. The van der Waals surface area contributed by atoms with E-state index in [2.05, 4.69) is 0 Å². The predicted octanol–water partition coefficient (Wildman–Crippen LogP) is 1.99. The van der Waals surface area contributed by atoms with Crippen LogP contribution in [0.2, 0.25) is 0 Å². The predicted molar refractivity (Wildman–Crippen MR) is 72.0 cm³/mol. The molecule has 0 unspecified atom stereocenters. The van der Waals surface area contributed by atoms with E-state index in [0.29, 0.717) is 6.54 Å². The molecule has 18 heavy (non-hydrogen) atoms. The molecule has 1 heterocycles. The molecule has 0 radical (unpaired) electrons. The van der Waals surface area contributed by atoms with E-state index in [0.717, 1.165) is 24.9 Å². The molecule has 1 N–H and O–H groups in total. The number of β-amino-alcohol motifs (C(OH)–C–C–N with tert-alkyl or cyclic N) is 1. The van der Waals surface area contributed by atoms with Gasteiger partial charge in [-0.1, -0.05) is 29.8 Å². The molecule has 2 rings (SSSR count). The van der Waals surface area contributed by atoms with Gasteiger partial charge < -0.3 is 10.0 Å². The minimum Gasteiger partial charge on any atom is -0.391 e. The minimum atomic E-state index is -0.365. The van der Waals surface area contributed by atoms with Crippen molar-refractivity contribution < 1.29 is 9.90 Å². The zero-order chi connectivity index (χ0) is 13.0. The van der Waals surface area contributed by atoms with Gasteiger partial charge in [-0.05, 0) is 31.4 Å². The molecule has 0 spiro atoms. The average Bonchev–Trinajstić information content (AvgIpc) is 2.38. The molecule has 1 aromatic rings. The van der Waals surface area contributed by atoms with Crippen LogP contribution in [0.5, 0.6) is 0 Å². The molecule has 1 aliphatic rings. The number of carbonyl (C=O) groups is 1. The second kappa shape index (κ2) is 5.83. The summed E-state index contributed by atoms with van der Waals surface area (Å²) in [6, 6.07) is 8.03. The van der Waals surface area contributed by atoms with E-state index >= 15 is 0 Å². The standard InChI is InChI=1S/C15H19NO2/c1-12-4-6-13(7-5-12)8-9-15(18)16-10-2-3-14(17)11-16/h4-9,14,17H,2-3,10-11H2,1H3/b9-8+/t14-/m0/s1. The third-order valence-corrected chi connectivity index (χ3v) is 3.20. The molecule has 96 valence electrons. The SMILES string of the molecule is Cc1ccc(/C=C/C(=O)N2CCC[C@H](O)C2)cc1. The quantitative estimate of drug-likeness (QED) is 0.809. The number of likely N-dealkylation sites (tertiary alicyclic amines) is 1. The minimum absolute atomic E-state index is 0.0191. The van der Waals surface area contributed by atoms with Gasteiger partial charge in [-0.3, -0.25) is 4.79 Å². The molecule has 0 bridgehead atoms. The summed E-state index contributed by atoms with van der Waals surface area (Å²) in [6.07, 6.45) is 4.72. The normalized spacial score (nSPS) is 20.3. The molecule has 1 saturated heterocycles. The lowest BCUT2D eigenvalue weighted by molar-refractivity contribution is -0.128. The summed E-state index contributed by atoms with van der Waals surface area (Å²) < 4.78 is 0. The fourth-order valence-corrected chi connectivity index (χ4v) is 2.11. The third-order valence-electron chi connectivity index (χ3n) is 3.20. The van der Waals surface area contributed by atoms with Gasteiger partial charge in [-0.2, -0.15) is 0 Å². The zero-order valence-corrected chi connectivity index (χ0v) is 10.7. The number of rotatable bonds is 2. The molecule has 1 fully saturated rings. The molecule has 0 aliphatic carbocycles. The Morgan fingerprint density at radius 3 is 2.78 bits per heavy atom. The van der Waals surface area contributed by atoms with Crippen molar-refractivity contribution in [1.82, 2.24) is 4.90 Å². The highest BCUT2D eigenvalue weighted by molar-refractivity contribution is 5.91.